The molecule has 0 aromatic heterocycles. The molecule has 0 spiro atoms. The van der Waals surface area contributed by atoms with Crippen LogP contribution in [0.15, 0.2) is 43.4 Å². The number of hydrogen-bond acceptors (Lipinski definition) is 2. The monoisotopic (exact) mass is 192 g/mol. The molecule has 0 N–H and O–H groups in total. The van der Waals surface area contributed by atoms with Crippen LogP contribution >= 0.6 is 0 Å². The van der Waals surface area contributed by atoms with Crippen molar-refractivity contribution in [3.63, 3.8) is 0 Å². The standard InChI is InChI=1S/C11H9FO2/c1-3-9-4-6-10(7-5-9)11(13)14-8(2)12/h3-7H,1-2H2. The molecule has 1 aromatic rings. The molecule has 0 saturated carbocycles. The smallest absolute Gasteiger partial charge is 0.345 e. The van der Waals surface area contributed by atoms with Gasteiger partial charge in [0.15, 0.2) is 0 Å². The van der Waals surface area contributed by atoms with Crippen molar-refractivity contribution in [1.82, 2.24) is 0 Å². The number of ether oxygens (including phenoxy) is 1. The number of esters is 1. The third kappa shape index (κ3) is 2.55. The lowest BCUT2D eigenvalue weighted by Crippen LogP contribution is -2.02. The van der Waals surface area contributed by atoms with Crippen LogP contribution in [0, 0.1) is 0 Å². The van der Waals surface area contributed by atoms with Crippen LogP contribution in [0.25, 0.3) is 6.08 Å². The Kier molecular flexibility index (Phi) is 3.18. The third-order valence-corrected chi connectivity index (χ3v) is 1.59. The van der Waals surface area contributed by atoms with Gasteiger partial charge < -0.3 is 4.74 Å². The second-order valence-electron chi connectivity index (χ2n) is 2.57. The predicted molar refractivity (Wildman–Crippen MR) is 52.2 cm³/mol. The Balaban J connectivity index is 2.81. The summed E-state index contributed by atoms with van der Waals surface area (Å²) in [6, 6.07) is 5.32. The first kappa shape index (κ1) is 10.2. The number of benzene rings is 1. The SMILES string of the molecule is C=Cc1ccc(C(=O)OC(=C)F)cc1. The second kappa shape index (κ2) is 4.37. The lowest BCUT2D eigenvalue weighted by molar-refractivity contribution is 0.0546. The fraction of sp³-hybridized carbons (Fsp3) is 0. The number of carbonyl (C=O) groups is 1. The molecule has 0 unspecified atom stereocenters. The van der Waals surface area contributed by atoms with E-state index in [0.717, 1.165) is 5.56 Å². The molecule has 0 aliphatic heterocycles. The maximum absolute atomic E-state index is 12.1. The summed E-state index contributed by atoms with van der Waals surface area (Å²) in [5.41, 5.74) is 1.15. The van der Waals surface area contributed by atoms with E-state index in [1.165, 1.54) is 12.1 Å². The highest BCUT2D eigenvalue weighted by molar-refractivity contribution is 5.90. The highest BCUT2D eigenvalue weighted by Crippen LogP contribution is 2.08. The lowest BCUT2D eigenvalue weighted by atomic mass is 10.1. The molecular formula is C11H9FO2. The van der Waals surface area contributed by atoms with Crippen molar-refractivity contribution < 1.29 is 13.9 Å². The molecular weight excluding hydrogens is 183 g/mol. The Morgan fingerprint density at radius 2 is 1.93 bits per heavy atom. The Labute approximate surface area is 81.3 Å². The summed E-state index contributed by atoms with van der Waals surface area (Å²) in [7, 11) is 0. The fourth-order valence-electron chi connectivity index (χ4n) is 0.915. The largest absolute Gasteiger partial charge is 0.396 e. The molecule has 3 heteroatoms. The molecule has 1 aromatic carbocycles. The normalized spacial score (nSPS) is 9.21. The Hall–Kier alpha value is -1.90. The van der Waals surface area contributed by atoms with Gasteiger partial charge in [-0.25, -0.2) is 4.79 Å². The zero-order chi connectivity index (χ0) is 10.6. The second-order valence-corrected chi connectivity index (χ2v) is 2.57. The van der Waals surface area contributed by atoms with Gasteiger partial charge in [0, 0.05) is 0 Å². The number of hydrogen-bond donors (Lipinski definition) is 0. The van der Waals surface area contributed by atoms with E-state index in [9.17, 15) is 9.18 Å². The van der Waals surface area contributed by atoms with Crippen LogP contribution in [0.4, 0.5) is 4.39 Å². The Morgan fingerprint density at radius 3 is 2.36 bits per heavy atom. The van der Waals surface area contributed by atoms with Crippen LogP contribution in [0.5, 0.6) is 0 Å². The fourth-order valence-corrected chi connectivity index (χ4v) is 0.915. The van der Waals surface area contributed by atoms with Crippen molar-refractivity contribution in [3.8, 4) is 0 Å². The van der Waals surface area contributed by atoms with E-state index in [1.54, 1.807) is 18.2 Å². The van der Waals surface area contributed by atoms with E-state index < -0.39 is 12.0 Å². The van der Waals surface area contributed by atoms with Gasteiger partial charge >= 0.3 is 5.97 Å². The maximum atomic E-state index is 12.1. The molecule has 0 aliphatic carbocycles. The first-order chi connectivity index (χ1) is 6.63. The van der Waals surface area contributed by atoms with E-state index >= 15 is 0 Å². The van der Waals surface area contributed by atoms with Gasteiger partial charge in [-0.05, 0) is 24.3 Å². The summed E-state index contributed by atoms with van der Waals surface area (Å²) in [6.07, 6.45) is 1.64. The molecule has 0 amide bonds. The van der Waals surface area contributed by atoms with Crippen LogP contribution in [0.3, 0.4) is 0 Å². The minimum Gasteiger partial charge on any atom is -0.396 e. The van der Waals surface area contributed by atoms with Crippen LogP contribution in [0.2, 0.25) is 0 Å². The predicted octanol–water partition coefficient (Wildman–Crippen LogP) is 2.93. The molecule has 0 saturated heterocycles. The average Bonchev–Trinajstić information content (AvgIpc) is 2.17. The van der Waals surface area contributed by atoms with E-state index in [0.29, 0.717) is 0 Å². The maximum Gasteiger partial charge on any atom is 0.345 e. The van der Waals surface area contributed by atoms with Crippen molar-refractivity contribution in [2.45, 2.75) is 0 Å². The first-order valence-corrected chi connectivity index (χ1v) is 3.92. The van der Waals surface area contributed by atoms with Gasteiger partial charge in [0.05, 0.1) is 5.56 Å². The van der Waals surface area contributed by atoms with E-state index in [2.05, 4.69) is 17.9 Å². The van der Waals surface area contributed by atoms with Crippen LogP contribution in [-0.4, -0.2) is 5.97 Å². The highest BCUT2D eigenvalue weighted by atomic mass is 19.1. The number of halogens is 1. The third-order valence-electron chi connectivity index (χ3n) is 1.59. The van der Waals surface area contributed by atoms with Crippen LogP contribution in [0.1, 0.15) is 15.9 Å². The molecule has 14 heavy (non-hydrogen) atoms. The summed E-state index contributed by atoms with van der Waals surface area (Å²) >= 11 is 0. The zero-order valence-corrected chi connectivity index (χ0v) is 7.50. The molecule has 0 heterocycles. The zero-order valence-electron chi connectivity index (χ0n) is 7.50. The first-order valence-electron chi connectivity index (χ1n) is 3.92. The topological polar surface area (TPSA) is 26.3 Å². The van der Waals surface area contributed by atoms with Gasteiger partial charge in [-0.1, -0.05) is 24.8 Å². The number of rotatable bonds is 3. The highest BCUT2D eigenvalue weighted by Gasteiger charge is 2.07. The molecule has 0 fully saturated rings. The van der Waals surface area contributed by atoms with Gasteiger partial charge in [-0.3, -0.25) is 0 Å². The van der Waals surface area contributed by atoms with Crippen LogP contribution < -0.4 is 0 Å². The summed E-state index contributed by atoms with van der Waals surface area (Å²) in [4.78, 5) is 11.1. The molecule has 0 aliphatic rings. The molecule has 1 rings (SSSR count). The summed E-state index contributed by atoms with van der Waals surface area (Å²) in [6.45, 7) is 6.39. The van der Waals surface area contributed by atoms with Gasteiger partial charge in [-0.2, -0.15) is 4.39 Å². The Bertz CT molecular complexity index is 365. The van der Waals surface area contributed by atoms with Gasteiger partial charge in [0.25, 0.3) is 6.01 Å². The minimum atomic E-state index is -1.11. The van der Waals surface area contributed by atoms with E-state index in [4.69, 9.17) is 0 Å². The molecule has 72 valence electrons. The van der Waals surface area contributed by atoms with Crippen molar-refractivity contribution in [2.75, 3.05) is 0 Å². The van der Waals surface area contributed by atoms with Gasteiger partial charge in [0.2, 0.25) is 0 Å². The van der Waals surface area contributed by atoms with Gasteiger partial charge in [0.1, 0.15) is 0 Å². The van der Waals surface area contributed by atoms with Crippen molar-refractivity contribution in [2.24, 2.45) is 0 Å². The molecule has 2 nitrogen and oxygen atoms in total. The van der Waals surface area contributed by atoms with Crippen molar-refractivity contribution >= 4 is 12.0 Å². The molecule has 0 bridgehead atoms. The van der Waals surface area contributed by atoms with E-state index in [1.807, 2.05) is 0 Å². The van der Waals surface area contributed by atoms with Crippen molar-refractivity contribution in [3.05, 3.63) is 54.6 Å². The lowest BCUT2D eigenvalue weighted by Gasteiger charge is -2.00. The van der Waals surface area contributed by atoms with Gasteiger partial charge in [-0.15, -0.1) is 0 Å². The molecule has 0 radical (unpaired) electrons. The van der Waals surface area contributed by atoms with Crippen molar-refractivity contribution in [1.29, 1.82) is 0 Å². The quantitative estimate of drug-likeness (QED) is 0.543. The summed E-state index contributed by atoms with van der Waals surface area (Å²) in [5.74, 6) is -0.756. The minimum absolute atomic E-state index is 0.273. The summed E-state index contributed by atoms with van der Waals surface area (Å²) in [5, 5.41) is 0. The number of carbonyl (C=O) groups excluding carboxylic acids is 1. The van der Waals surface area contributed by atoms with Crippen LogP contribution in [-0.2, 0) is 4.74 Å². The Morgan fingerprint density at radius 1 is 1.36 bits per heavy atom. The summed E-state index contributed by atoms with van der Waals surface area (Å²) < 4.78 is 16.3. The van der Waals surface area contributed by atoms with E-state index in [-0.39, 0.29) is 5.56 Å². The average molecular weight is 192 g/mol. The molecule has 0 atom stereocenters.